The van der Waals surface area contributed by atoms with Gasteiger partial charge < -0.3 is 25.6 Å². The minimum atomic E-state index is -0.289. The molecule has 1 amide bonds. The fourth-order valence-electron chi connectivity index (χ4n) is 4.06. The molecule has 36 heavy (non-hydrogen) atoms. The normalized spacial score (nSPS) is 13.6. The molecular weight excluding hydrogens is 456 g/mol. The first kappa shape index (κ1) is 23.2. The van der Waals surface area contributed by atoms with Crippen LogP contribution in [0.15, 0.2) is 67.5 Å². The summed E-state index contributed by atoms with van der Waals surface area (Å²) < 4.78 is 5.52. The van der Waals surface area contributed by atoms with Gasteiger partial charge >= 0.3 is 0 Å². The monoisotopic (exact) mass is 482 g/mol. The van der Waals surface area contributed by atoms with Gasteiger partial charge in [-0.3, -0.25) is 9.78 Å². The lowest BCUT2D eigenvalue weighted by molar-refractivity contribution is -0.111. The smallest absolute Gasteiger partial charge is 0.247 e. The minimum absolute atomic E-state index is 0.289. The van der Waals surface area contributed by atoms with Gasteiger partial charge in [-0.1, -0.05) is 24.8 Å². The second-order valence-electron chi connectivity index (χ2n) is 8.50. The molecule has 0 spiro atoms. The molecule has 3 aromatic heterocycles. The summed E-state index contributed by atoms with van der Waals surface area (Å²) in [6.07, 6.45) is 4.61. The first-order valence-electron chi connectivity index (χ1n) is 11.4. The second kappa shape index (κ2) is 9.96. The zero-order valence-corrected chi connectivity index (χ0v) is 20.0. The summed E-state index contributed by atoms with van der Waals surface area (Å²) in [5.74, 6) is 1.30. The summed E-state index contributed by atoms with van der Waals surface area (Å²) in [4.78, 5) is 32.2. The molecular formula is C26H26N8O2. The molecule has 5 rings (SSSR count). The molecule has 0 atom stereocenters. The van der Waals surface area contributed by atoms with E-state index in [1.165, 1.54) is 6.08 Å². The third-order valence-electron chi connectivity index (χ3n) is 5.82. The molecule has 10 heteroatoms. The van der Waals surface area contributed by atoms with E-state index in [1.807, 2.05) is 30.3 Å². The van der Waals surface area contributed by atoms with Crippen LogP contribution < -0.4 is 20.7 Å². The number of likely N-dealkylation sites (N-methyl/N-ethyl adjacent to an activating group) is 1. The highest BCUT2D eigenvalue weighted by Gasteiger charge is 2.23. The van der Waals surface area contributed by atoms with Crippen LogP contribution in [0, 0.1) is 0 Å². The standard InChI is InChI=1S/C26H26N8O2/c1-4-23(35)30-17-10-11-27-21(12-17)19-7-5-6-16-13-28-26(33-24(16)19)31-20-8-9-22(32-25(20)36-3)29-18-14-34(2)15-18/h4-13,18H,1,14-15H2,2-3H3,(H,29,32)(H,27,30,35)(H,28,31,33). The number of carbonyl (C=O) groups excluding carboxylic acids is 1. The number of rotatable bonds is 8. The molecule has 0 bridgehead atoms. The van der Waals surface area contributed by atoms with Gasteiger partial charge in [-0.15, -0.1) is 0 Å². The molecule has 182 valence electrons. The quantitative estimate of drug-likeness (QED) is 0.323. The summed E-state index contributed by atoms with van der Waals surface area (Å²) in [6.45, 7) is 5.45. The van der Waals surface area contributed by atoms with Crippen molar-refractivity contribution in [2.24, 2.45) is 0 Å². The van der Waals surface area contributed by atoms with Crippen LogP contribution >= 0.6 is 0 Å². The van der Waals surface area contributed by atoms with Crippen LogP contribution in [0.5, 0.6) is 5.88 Å². The van der Waals surface area contributed by atoms with E-state index in [0.717, 1.165) is 29.9 Å². The predicted molar refractivity (Wildman–Crippen MR) is 141 cm³/mol. The Morgan fingerprint density at radius 1 is 1.17 bits per heavy atom. The van der Waals surface area contributed by atoms with Crippen molar-refractivity contribution < 1.29 is 9.53 Å². The number of fused-ring (bicyclic) bond motifs is 1. The number of likely N-dealkylation sites (tertiary alicyclic amines) is 1. The van der Waals surface area contributed by atoms with Crippen molar-refractivity contribution in [3.05, 3.63) is 67.5 Å². The van der Waals surface area contributed by atoms with E-state index in [2.05, 4.69) is 49.4 Å². The molecule has 10 nitrogen and oxygen atoms in total. The molecule has 0 radical (unpaired) electrons. The van der Waals surface area contributed by atoms with Crippen LogP contribution in [0.1, 0.15) is 0 Å². The van der Waals surface area contributed by atoms with Gasteiger partial charge in [-0.05, 0) is 37.4 Å². The molecule has 4 aromatic rings. The molecule has 0 aliphatic carbocycles. The van der Waals surface area contributed by atoms with Gasteiger partial charge in [0.2, 0.25) is 17.7 Å². The number of anilines is 4. The highest BCUT2D eigenvalue weighted by atomic mass is 16.5. The van der Waals surface area contributed by atoms with Gasteiger partial charge in [0.25, 0.3) is 0 Å². The molecule has 1 saturated heterocycles. The van der Waals surface area contributed by atoms with Crippen molar-refractivity contribution >= 4 is 40.0 Å². The number of hydrogen-bond acceptors (Lipinski definition) is 9. The Labute approximate surface area is 208 Å². The number of benzene rings is 1. The number of nitrogens with zero attached hydrogens (tertiary/aromatic N) is 5. The van der Waals surface area contributed by atoms with Crippen molar-refractivity contribution in [2.45, 2.75) is 6.04 Å². The van der Waals surface area contributed by atoms with Crippen molar-refractivity contribution in [1.29, 1.82) is 0 Å². The molecule has 3 N–H and O–H groups in total. The molecule has 4 heterocycles. The number of methoxy groups -OCH3 is 1. The highest BCUT2D eigenvalue weighted by Crippen LogP contribution is 2.30. The van der Waals surface area contributed by atoms with Crippen molar-refractivity contribution in [3.63, 3.8) is 0 Å². The van der Waals surface area contributed by atoms with Gasteiger partial charge in [0, 0.05) is 42.1 Å². The van der Waals surface area contributed by atoms with E-state index < -0.39 is 0 Å². The Bertz CT molecular complexity index is 1430. The molecule has 1 aliphatic rings. The first-order chi connectivity index (χ1) is 17.5. The zero-order chi connectivity index (χ0) is 25.1. The number of carbonyl (C=O) groups is 1. The third kappa shape index (κ3) is 4.93. The van der Waals surface area contributed by atoms with E-state index >= 15 is 0 Å². The first-order valence-corrected chi connectivity index (χ1v) is 11.4. The van der Waals surface area contributed by atoms with E-state index in [-0.39, 0.29) is 5.91 Å². The summed E-state index contributed by atoms with van der Waals surface area (Å²) in [5, 5.41) is 10.3. The van der Waals surface area contributed by atoms with Crippen LogP contribution in [0.3, 0.4) is 0 Å². The zero-order valence-electron chi connectivity index (χ0n) is 20.0. The van der Waals surface area contributed by atoms with Crippen LogP contribution in [0.4, 0.5) is 23.1 Å². The molecule has 1 aromatic carbocycles. The largest absolute Gasteiger partial charge is 0.479 e. The summed E-state index contributed by atoms with van der Waals surface area (Å²) >= 11 is 0. The Hall–Kier alpha value is -4.57. The number of aromatic nitrogens is 4. The van der Waals surface area contributed by atoms with Crippen LogP contribution in [0.2, 0.25) is 0 Å². The fourth-order valence-corrected chi connectivity index (χ4v) is 4.06. The van der Waals surface area contributed by atoms with Gasteiger partial charge in [-0.25, -0.2) is 9.97 Å². The van der Waals surface area contributed by atoms with Gasteiger partial charge in [-0.2, -0.15) is 4.98 Å². The molecule has 1 aliphatic heterocycles. The van der Waals surface area contributed by atoms with Crippen molar-refractivity contribution in [2.75, 3.05) is 43.2 Å². The lowest BCUT2D eigenvalue weighted by atomic mass is 10.1. The number of hydrogen-bond donors (Lipinski definition) is 3. The summed E-state index contributed by atoms with van der Waals surface area (Å²) in [7, 11) is 3.67. The van der Waals surface area contributed by atoms with Gasteiger partial charge in [0.15, 0.2) is 0 Å². The van der Waals surface area contributed by atoms with Crippen molar-refractivity contribution in [1.82, 2.24) is 24.8 Å². The van der Waals surface area contributed by atoms with Gasteiger partial charge in [0.1, 0.15) is 11.5 Å². The average Bonchev–Trinajstić information content (AvgIpc) is 2.88. The van der Waals surface area contributed by atoms with Gasteiger partial charge in [0.05, 0.1) is 24.4 Å². The van der Waals surface area contributed by atoms with Crippen LogP contribution in [-0.2, 0) is 4.79 Å². The Kier molecular flexibility index (Phi) is 6.42. The maximum atomic E-state index is 11.7. The molecule has 0 saturated carbocycles. The Morgan fingerprint density at radius 3 is 2.81 bits per heavy atom. The Balaban J connectivity index is 1.43. The number of amides is 1. The fraction of sp³-hybridized carbons (Fsp3) is 0.192. The summed E-state index contributed by atoms with van der Waals surface area (Å²) in [6, 6.07) is 13.5. The number of ether oxygens (including phenoxy) is 1. The minimum Gasteiger partial charge on any atom is -0.479 e. The maximum absolute atomic E-state index is 11.7. The average molecular weight is 483 g/mol. The third-order valence-corrected chi connectivity index (χ3v) is 5.82. The number of nitrogens with one attached hydrogen (secondary N) is 3. The molecule has 0 unspecified atom stereocenters. The van der Waals surface area contributed by atoms with E-state index in [1.54, 1.807) is 31.6 Å². The topological polar surface area (TPSA) is 117 Å². The van der Waals surface area contributed by atoms with Crippen LogP contribution in [-0.4, -0.2) is 64.0 Å². The highest BCUT2D eigenvalue weighted by molar-refractivity contribution is 5.99. The van der Waals surface area contributed by atoms with E-state index in [4.69, 9.17) is 9.72 Å². The number of para-hydroxylation sites is 1. The van der Waals surface area contributed by atoms with E-state index in [0.29, 0.717) is 40.5 Å². The maximum Gasteiger partial charge on any atom is 0.247 e. The SMILES string of the molecule is C=CC(=O)Nc1ccnc(-c2cccc3cnc(Nc4ccc(NC5CN(C)C5)nc4OC)nc23)c1. The van der Waals surface area contributed by atoms with E-state index in [9.17, 15) is 4.79 Å². The lowest BCUT2D eigenvalue weighted by Gasteiger charge is -2.36. The van der Waals surface area contributed by atoms with Crippen molar-refractivity contribution in [3.8, 4) is 17.1 Å². The molecule has 1 fully saturated rings. The number of pyridine rings is 2. The lowest BCUT2D eigenvalue weighted by Crippen LogP contribution is -2.52. The summed E-state index contributed by atoms with van der Waals surface area (Å²) in [5.41, 5.74) is 3.46. The Morgan fingerprint density at radius 2 is 2.03 bits per heavy atom. The predicted octanol–water partition coefficient (Wildman–Crippen LogP) is 3.69. The van der Waals surface area contributed by atoms with Crippen LogP contribution in [0.25, 0.3) is 22.2 Å². The second-order valence-corrected chi connectivity index (χ2v) is 8.50.